The van der Waals surface area contributed by atoms with Crippen LogP contribution in [0.2, 0.25) is 0 Å². The van der Waals surface area contributed by atoms with Gasteiger partial charge in [0.05, 0.1) is 6.04 Å². The molecule has 0 radical (unpaired) electrons. The number of hydrogen-bond acceptors (Lipinski definition) is 1. The Kier molecular flexibility index (Phi) is 6.28. The molecule has 2 heteroatoms. The quantitative estimate of drug-likeness (QED) is 0.348. The highest BCUT2D eigenvalue weighted by molar-refractivity contribution is 5.94. The van der Waals surface area contributed by atoms with E-state index in [0.29, 0.717) is 12.1 Å². The van der Waals surface area contributed by atoms with Crippen molar-refractivity contribution in [3.63, 3.8) is 0 Å². The molecule has 0 bridgehead atoms. The summed E-state index contributed by atoms with van der Waals surface area (Å²) < 4.78 is 0. The smallest absolute Gasteiger partial charge is 0.254 e. The summed E-state index contributed by atoms with van der Waals surface area (Å²) in [6.07, 6.45) is 0. The van der Waals surface area contributed by atoms with E-state index in [1.807, 2.05) is 72.5 Å². The van der Waals surface area contributed by atoms with Gasteiger partial charge in [0.15, 0.2) is 0 Å². The molecule has 4 rings (SSSR count). The molecule has 1 unspecified atom stereocenters. The molecule has 0 spiro atoms. The second kappa shape index (κ2) is 9.44. The lowest BCUT2D eigenvalue weighted by Gasteiger charge is -2.33. The van der Waals surface area contributed by atoms with Crippen molar-refractivity contribution >= 4 is 5.91 Å². The summed E-state index contributed by atoms with van der Waals surface area (Å²) in [4.78, 5) is 15.8. The Labute approximate surface area is 184 Å². The molecule has 0 heterocycles. The molecular weight excluding hydrogens is 378 g/mol. The molecule has 1 amide bonds. The Morgan fingerprint density at radius 1 is 0.645 bits per heavy atom. The molecule has 0 saturated carbocycles. The maximum atomic E-state index is 13.8. The summed E-state index contributed by atoms with van der Waals surface area (Å²) in [5.74, 6) is 0.0262. The Balaban J connectivity index is 1.83. The van der Waals surface area contributed by atoms with Crippen molar-refractivity contribution in [3.8, 4) is 0 Å². The van der Waals surface area contributed by atoms with Crippen LogP contribution in [0.5, 0.6) is 0 Å². The topological polar surface area (TPSA) is 20.3 Å². The average Bonchev–Trinajstić information content (AvgIpc) is 2.81. The van der Waals surface area contributed by atoms with Crippen LogP contribution in [0.4, 0.5) is 0 Å². The minimum absolute atomic E-state index is 0.0262. The van der Waals surface area contributed by atoms with Gasteiger partial charge in [-0.25, -0.2) is 0 Å². The highest BCUT2D eigenvalue weighted by Gasteiger charge is 2.28. The molecule has 2 nitrogen and oxygen atoms in total. The molecule has 0 aliphatic heterocycles. The van der Waals surface area contributed by atoms with Crippen molar-refractivity contribution in [2.24, 2.45) is 0 Å². The van der Waals surface area contributed by atoms with Crippen LogP contribution in [-0.2, 0) is 6.54 Å². The van der Waals surface area contributed by atoms with E-state index in [4.69, 9.17) is 0 Å². The maximum absolute atomic E-state index is 13.8. The molecule has 0 aliphatic carbocycles. The highest BCUT2D eigenvalue weighted by Crippen LogP contribution is 2.32. The van der Waals surface area contributed by atoms with Gasteiger partial charge < -0.3 is 4.90 Å². The van der Waals surface area contributed by atoms with Crippen molar-refractivity contribution in [2.45, 2.75) is 26.4 Å². The standard InChI is InChI=1S/C29H27NO/c1-22-13-17-26(18-14-22)28(25-11-7-4-8-12-25)30(21-24-9-5-3-6-10-24)29(31)27-19-15-23(2)16-20-27/h3-20,28H,21H2,1-2H3. The van der Waals surface area contributed by atoms with Crippen LogP contribution in [0.3, 0.4) is 0 Å². The van der Waals surface area contributed by atoms with Crippen LogP contribution in [0, 0.1) is 13.8 Å². The van der Waals surface area contributed by atoms with Gasteiger partial charge in [-0.05, 0) is 42.7 Å². The Bertz CT molecular complexity index is 1120. The summed E-state index contributed by atoms with van der Waals surface area (Å²) in [5, 5.41) is 0. The van der Waals surface area contributed by atoms with Gasteiger partial charge in [0.1, 0.15) is 0 Å². The minimum atomic E-state index is -0.184. The van der Waals surface area contributed by atoms with E-state index in [1.165, 1.54) is 5.56 Å². The number of hydrogen-bond donors (Lipinski definition) is 0. The van der Waals surface area contributed by atoms with Crippen molar-refractivity contribution in [3.05, 3.63) is 143 Å². The third-order valence-corrected chi connectivity index (χ3v) is 5.58. The third-order valence-electron chi connectivity index (χ3n) is 5.58. The summed E-state index contributed by atoms with van der Waals surface area (Å²) in [6, 6.07) is 36.6. The molecule has 31 heavy (non-hydrogen) atoms. The zero-order valence-electron chi connectivity index (χ0n) is 18.0. The fraction of sp³-hybridized carbons (Fsp3) is 0.138. The molecule has 154 valence electrons. The fourth-order valence-electron chi connectivity index (χ4n) is 3.86. The fourth-order valence-corrected chi connectivity index (χ4v) is 3.86. The van der Waals surface area contributed by atoms with Crippen LogP contribution in [-0.4, -0.2) is 10.8 Å². The zero-order chi connectivity index (χ0) is 21.6. The molecule has 0 saturated heterocycles. The van der Waals surface area contributed by atoms with E-state index in [1.54, 1.807) is 0 Å². The Hall–Kier alpha value is -3.65. The number of carbonyl (C=O) groups excluding carboxylic acids is 1. The molecule has 4 aromatic carbocycles. The molecule has 1 atom stereocenters. The predicted molar refractivity (Wildman–Crippen MR) is 127 cm³/mol. The van der Waals surface area contributed by atoms with E-state index in [-0.39, 0.29) is 11.9 Å². The molecule has 4 aromatic rings. The predicted octanol–water partition coefficient (Wildman–Crippen LogP) is 6.74. The van der Waals surface area contributed by atoms with Gasteiger partial charge in [0, 0.05) is 12.1 Å². The summed E-state index contributed by atoms with van der Waals surface area (Å²) in [7, 11) is 0. The minimum Gasteiger partial charge on any atom is -0.323 e. The monoisotopic (exact) mass is 405 g/mol. The number of aryl methyl sites for hydroxylation is 2. The lowest BCUT2D eigenvalue weighted by Crippen LogP contribution is -2.35. The van der Waals surface area contributed by atoms with Crippen molar-refractivity contribution in [1.82, 2.24) is 4.90 Å². The largest absolute Gasteiger partial charge is 0.323 e. The van der Waals surface area contributed by atoms with Gasteiger partial charge in [-0.3, -0.25) is 4.79 Å². The first-order chi connectivity index (χ1) is 15.1. The first-order valence-corrected chi connectivity index (χ1v) is 10.6. The molecular formula is C29H27NO. The first kappa shape index (κ1) is 20.6. The lowest BCUT2D eigenvalue weighted by atomic mass is 9.95. The second-order valence-corrected chi connectivity index (χ2v) is 8.01. The van der Waals surface area contributed by atoms with Crippen molar-refractivity contribution < 1.29 is 4.79 Å². The van der Waals surface area contributed by atoms with E-state index in [2.05, 4.69) is 55.5 Å². The third kappa shape index (κ3) is 4.92. The Morgan fingerprint density at radius 3 is 1.71 bits per heavy atom. The SMILES string of the molecule is Cc1ccc(C(=O)N(Cc2ccccc2)C(c2ccccc2)c2ccc(C)cc2)cc1. The van der Waals surface area contributed by atoms with Crippen LogP contribution in [0.25, 0.3) is 0 Å². The molecule has 0 aromatic heterocycles. The van der Waals surface area contributed by atoms with Gasteiger partial charge in [0.2, 0.25) is 0 Å². The summed E-state index contributed by atoms with van der Waals surface area (Å²) in [5.41, 5.74) is 6.36. The zero-order valence-corrected chi connectivity index (χ0v) is 18.0. The van der Waals surface area contributed by atoms with E-state index in [9.17, 15) is 4.79 Å². The summed E-state index contributed by atoms with van der Waals surface area (Å²) >= 11 is 0. The highest BCUT2D eigenvalue weighted by atomic mass is 16.2. The van der Waals surface area contributed by atoms with Gasteiger partial charge in [-0.1, -0.05) is 108 Å². The van der Waals surface area contributed by atoms with Crippen LogP contribution >= 0.6 is 0 Å². The van der Waals surface area contributed by atoms with Crippen molar-refractivity contribution in [1.29, 1.82) is 0 Å². The molecule has 0 aliphatic rings. The number of rotatable bonds is 6. The van der Waals surface area contributed by atoms with E-state index < -0.39 is 0 Å². The number of benzene rings is 4. The van der Waals surface area contributed by atoms with Gasteiger partial charge in [-0.2, -0.15) is 0 Å². The normalized spacial score (nSPS) is 11.7. The van der Waals surface area contributed by atoms with Gasteiger partial charge >= 0.3 is 0 Å². The Morgan fingerprint density at radius 2 is 1.13 bits per heavy atom. The van der Waals surface area contributed by atoms with Gasteiger partial charge in [-0.15, -0.1) is 0 Å². The average molecular weight is 406 g/mol. The maximum Gasteiger partial charge on any atom is 0.254 e. The van der Waals surface area contributed by atoms with Gasteiger partial charge in [0.25, 0.3) is 5.91 Å². The first-order valence-electron chi connectivity index (χ1n) is 10.6. The van der Waals surface area contributed by atoms with Crippen molar-refractivity contribution in [2.75, 3.05) is 0 Å². The van der Waals surface area contributed by atoms with E-state index >= 15 is 0 Å². The lowest BCUT2D eigenvalue weighted by molar-refractivity contribution is 0.0690. The number of carbonyl (C=O) groups is 1. The van der Waals surface area contributed by atoms with Crippen LogP contribution in [0.1, 0.15) is 44.2 Å². The summed E-state index contributed by atoms with van der Waals surface area (Å²) in [6.45, 7) is 4.65. The number of nitrogens with zero attached hydrogens (tertiary/aromatic N) is 1. The molecule has 0 N–H and O–H groups in total. The molecule has 0 fully saturated rings. The second-order valence-electron chi connectivity index (χ2n) is 8.01. The van der Waals surface area contributed by atoms with E-state index in [0.717, 1.165) is 22.3 Å². The van der Waals surface area contributed by atoms with Crippen LogP contribution in [0.15, 0.2) is 109 Å². The number of amides is 1. The van der Waals surface area contributed by atoms with Crippen LogP contribution < -0.4 is 0 Å².